The van der Waals surface area contributed by atoms with Crippen molar-refractivity contribution in [1.29, 1.82) is 0 Å². The average Bonchev–Trinajstić information content (AvgIpc) is 2.79. The molecule has 20 heavy (non-hydrogen) atoms. The molecule has 0 bridgehead atoms. The summed E-state index contributed by atoms with van der Waals surface area (Å²) in [6, 6.07) is 3.12. The highest BCUT2D eigenvalue weighted by Crippen LogP contribution is 2.29. The highest BCUT2D eigenvalue weighted by Gasteiger charge is 2.25. The van der Waals surface area contributed by atoms with Gasteiger partial charge in [0.1, 0.15) is 15.7 Å². The summed E-state index contributed by atoms with van der Waals surface area (Å²) in [5.41, 5.74) is 0.597. The summed E-state index contributed by atoms with van der Waals surface area (Å²) in [5, 5.41) is 9.52. The Bertz CT molecular complexity index is 686. The van der Waals surface area contributed by atoms with Crippen molar-refractivity contribution >= 4 is 40.0 Å². The number of rotatable bonds is 3. The van der Waals surface area contributed by atoms with Gasteiger partial charge in [-0.15, -0.1) is 0 Å². The van der Waals surface area contributed by atoms with E-state index in [2.05, 4.69) is 9.36 Å². The second kappa shape index (κ2) is 5.56. The number of halogens is 1. The number of amides is 1. The molecule has 0 unspecified atom stereocenters. The molecule has 1 amide bonds. The van der Waals surface area contributed by atoms with Crippen LogP contribution in [0.25, 0.3) is 0 Å². The van der Waals surface area contributed by atoms with Gasteiger partial charge in [-0.05, 0) is 30.6 Å². The number of carboxylic acids is 1. The van der Waals surface area contributed by atoms with Gasteiger partial charge in [-0.1, -0.05) is 11.6 Å². The lowest BCUT2D eigenvalue weighted by atomic mass is 10.2. The summed E-state index contributed by atoms with van der Waals surface area (Å²) in [7, 11) is 1.48. The molecule has 0 aliphatic rings. The molecule has 8 heteroatoms. The number of hydrogen-bond donors (Lipinski definition) is 1. The maximum Gasteiger partial charge on any atom is 0.340 e. The standard InChI is InChI=1S/C12H10ClN3O3S/c1-6-8(12(18)19)11(20-15-6)16(2)10(17)7-4-3-5-14-9(7)13/h3-5H,1-2H3,(H,18,19). The maximum absolute atomic E-state index is 12.3. The van der Waals surface area contributed by atoms with Crippen LogP contribution >= 0.6 is 23.1 Å². The van der Waals surface area contributed by atoms with E-state index in [0.29, 0.717) is 5.69 Å². The Balaban J connectivity index is 2.42. The van der Waals surface area contributed by atoms with Crippen molar-refractivity contribution in [1.82, 2.24) is 9.36 Å². The Hall–Kier alpha value is -1.99. The maximum atomic E-state index is 12.3. The first-order chi connectivity index (χ1) is 9.43. The van der Waals surface area contributed by atoms with E-state index in [4.69, 9.17) is 11.6 Å². The monoisotopic (exact) mass is 311 g/mol. The van der Waals surface area contributed by atoms with Crippen molar-refractivity contribution in [3.8, 4) is 0 Å². The molecule has 2 aromatic rings. The van der Waals surface area contributed by atoms with Crippen LogP contribution in [0, 0.1) is 6.92 Å². The molecule has 0 atom stereocenters. The van der Waals surface area contributed by atoms with Crippen LogP contribution in [0.4, 0.5) is 5.00 Å². The van der Waals surface area contributed by atoms with E-state index in [-0.39, 0.29) is 21.3 Å². The van der Waals surface area contributed by atoms with Gasteiger partial charge < -0.3 is 10.0 Å². The van der Waals surface area contributed by atoms with E-state index >= 15 is 0 Å². The van der Waals surface area contributed by atoms with Crippen LogP contribution < -0.4 is 4.90 Å². The quantitative estimate of drug-likeness (QED) is 0.880. The smallest absolute Gasteiger partial charge is 0.340 e. The van der Waals surface area contributed by atoms with E-state index in [1.165, 1.54) is 24.2 Å². The van der Waals surface area contributed by atoms with Crippen molar-refractivity contribution in [2.45, 2.75) is 6.92 Å². The lowest BCUT2D eigenvalue weighted by Crippen LogP contribution is -2.27. The predicted octanol–water partition coefficient (Wildman–Crippen LogP) is 2.47. The van der Waals surface area contributed by atoms with Crippen LogP contribution in [0.3, 0.4) is 0 Å². The van der Waals surface area contributed by atoms with Gasteiger partial charge in [0.15, 0.2) is 0 Å². The Morgan fingerprint density at radius 3 is 2.75 bits per heavy atom. The lowest BCUT2D eigenvalue weighted by molar-refractivity contribution is 0.0697. The minimum absolute atomic E-state index is 0.0193. The Labute approximate surface area is 123 Å². The van der Waals surface area contributed by atoms with E-state index in [0.717, 1.165) is 11.5 Å². The molecule has 6 nitrogen and oxygen atoms in total. The molecule has 0 saturated carbocycles. The van der Waals surface area contributed by atoms with Crippen LogP contribution in [0.2, 0.25) is 5.15 Å². The van der Waals surface area contributed by atoms with Crippen molar-refractivity contribution in [3.63, 3.8) is 0 Å². The molecule has 2 rings (SSSR count). The highest BCUT2D eigenvalue weighted by atomic mass is 35.5. The fraction of sp³-hybridized carbons (Fsp3) is 0.167. The largest absolute Gasteiger partial charge is 0.478 e. The third-order valence-corrected chi connectivity index (χ3v) is 3.97. The molecule has 0 radical (unpaired) electrons. The summed E-state index contributed by atoms with van der Waals surface area (Å²) >= 11 is 6.82. The fourth-order valence-electron chi connectivity index (χ4n) is 1.65. The van der Waals surface area contributed by atoms with Crippen LogP contribution in [0.15, 0.2) is 18.3 Å². The molecule has 0 saturated heterocycles. The minimum Gasteiger partial charge on any atom is -0.478 e. The molecular formula is C12H10ClN3O3S. The number of hydrogen-bond acceptors (Lipinski definition) is 5. The first kappa shape index (κ1) is 14.4. The molecule has 0 fully saturated rings. The summed E-state index contributed by atoms with van der Waals surface area (Å²) in [6.45, 7) is 1.58. The fourth-order valence-corrected chi connectivity index (χ4v) is 2.70. The first-order valence-corrected chi connectivity index (χ1v) is 6.66. The number of pyridine rings is 1. The molecule has 104 valence electrons. The molecule has 0 aromatic carbocycles. The molecule has 0 aliphatic heterocycles. The molecular weight excluding hydrogens is 302 g/mol. The third-order valence-electron chi connectivity index (χ3n) is 2.66. The van der Waals surface area contributed by atoms with Crippen molar-refractivity contribution in [3.05, 3.63) is 40.3 Å². The number of carboxylic acid groups (broad SMARTS) is 1. The van der Waals surface area contributed by atoms with Crippen molar-refractivity contribution in [2.75, 3.05) is 11.9 Å². The molecule has 2 heterocycles. The predicted molar refractivity (Wildman–Crippen MR) is 75.8 cm³/mol. The van der Waals surface area contributed by atoms with Gasteiger partial charge >= 0.3 is 5.97 Å². The first-order valence-electron chi connectivity index (χ1n) is 5.51. The number of carbonyl (C=O) groups is 2. The Morgan fingerprint density at radius 2 is 2.15 bits per heavy atom. The number of aryl methyl sites for hydroxylation is 1. The number of anilines is 1. The highest BCUT2D eigenvalue weighted by molar-refractivity contribution is 7.11. The van der Waals surface area contributed by atoms with Crippen LogP contribution in [-0.2, 0) is 0 Å². The van der Waals surface area contributed by atoms with E-state index in [1.54, 1.807) is 13.0 Å². The second-order valence-corrected chi connectivity index (χ2v) is 5.07. The molecule has 2 aromatic heterocycles. The zero-order valence-electron chi connectivity index (χ0n) is 10.6. The van der Waals surface area contributed by atoms with Crippen molar-refractivity contribution < 1.29 is 14.7 Å². The van der Waals surface area contributed by atoms with Crippen LogP contribution in [0.5, 0.6) is 0 Å². The zero-order chi connectivity index (χ0) is 14.9. The number of nitrogens with zero attached hydrogens (tertiary/aromatic N) is 3. The zero-order valence-corrected chi connectivity index (χ0v) is 12.2. The van der Waals surface area contributed by atoms with Crippen molar-refractivity contribution in [2.24, 2.45) is 0 Å². The average molecular weight is 312 g/mol. The van der Waals surface area contributed by atoms with E-state index in [9.17, 15) is 14.7 Å². The van der Waals surface area contributed by atoms with Gasteiger partial charge in [0, 0.05) is 13.2 Å². The summed E-state index contributed by atoms with van der Waals surface area (Å²) in [6.07, 6.45) is 1.47. The Morgan fingerprint density at radius 1 is 1.45 bits per heavy atom. The normalized spacial score (nSPS) is 10.3. The van der Waals surface area contributed by atoms with Gasteiger partial charge in [0.05, 0.1) is 11.3 Å². The van der Waals surface area contributed by atoms with Gasteiger partial charge in [-0.3, -0.25) is 4.79 Å². The number of carbonyl (C=O) groups excluding carboxylic acids is 1. The van der Waals surface area contributed by atoms with Crippen LogP contribution in [0.1, 0.15) is 26.4 Å². The van der Waals surface area contributed by atoms with E-state index < -0.39 is 11.9 Å². The minimum atomic E-state index is -1.12. The Kier molecular flexibility index (Phi) is 4.01. The number of aromatic nitrogens is 2. The van der Waals surface area contributed by atoms with Crippen LogP contribution in [-0.4, -0.2) is 33.4 Å². The molecule has 1 N–H and O–H groups in total. The van der Waals surface area contributed by atoms with Gasteiger partial charge in [-0.25, -0.2) is 9.78 Å². The lowest BCUT2D eigenvalue weighted by Gasteiger charge is -2.16. The van der Waals surface area contributed by atoms with Gasteiger partial charge in [-0.2, -0.15) is 4.37 Å². The van der Waals surface area contributed by atoms with Gasteiger partial charge in [0.25, 0.3) is 5.91 Å². The van der Waals surface area contributed by atoms with Gasteiger partial charge in [0.2, 0.25) is 0 Å². The van der Waals surface area contributed by atoms with E-state index in [1.807, 2.05) is 0 Å². The second-order valence-electron chi connectivity index (χ2n) is 3.96. The molecule has 0 spiro atoms. The summed E-state index contributed by atoms with van der Waals surface area (Å²) < 4.78 is 3.98. The SMILES string of the molecule is Cc1nsc(N(C)C(=O)c2cccnc2Cl)c1C(=O)O. The summed E-state index contributed by atoms with van der Waals surface area (Å²) in [5.74, 6) is -1.56. The topological polar surface area (TPSA) is 83.4 Å². The number of aromatic carboxylic acids is 1. The summed E-state index contributed by atoms with van der Waals surface area (Å²) in [4.78, 5) is 28.6. The third kappa shape index (κ3) is 2.50. The molecule has 0 aliphatic carbocycles.